The number of methoxy groups -OCH3 is 1. The second-order valence-electron chi connectivity index (χ2n) is 6.23. The smallest absolute Gasteiger partial charge is 0.205 e. The van der Waals surface area contributed by atoms with E-state index in [1.165, 1.54) is 11.5 Å². The molecule has 0 aliphatic carbocycles. The lowest BCUT2D eigenvalue weighted by Gasteiger charge is -2.33. The number of rotatable bonds is 5. The molecule has 0 unspecified atom stereocenters. The van der Waals surface area contributed by atoms with Gasteiger partial charge in [0, 0.05) is 50.2 Å². The zero-order chi connectivity index (χ0) is 17.9. The molecule has 0 spiro atoms. The third-order valence-corrected chi connectivity index (χ3v) is 5.23. The van der Waals surface area contributed by atoms with Crippen molar-refractivity contribution in [1.29, 1.82) is 0 Å². The molecule has 0 bridgehead atoms. The average Bonchev–Trinajstić information content (AvgIpc) is 3.11. The molecule has 3 heterocycles. The van der Waals surface area contributed by atoms with Crippen molar-refractivity contribution in [2.45, 2.75) is 13.2 Å². The molecule has 1 aliphatic heterocycles. The fourth-order valence-electron chi connectivity index (χ4n) is 3.08. The standard InChI is InChI=1S/C17H21N7OS/c1-25-11-15-21-17(26-22-15)24-8-6-23(7-9-24)10-14-19-13-5-3-2-4-12(13)16(18)20-14/h2-5H,6-11H2,1H3,(H2,18,19,20). The maximum Gasteiger partial charge on any atom is 0.205 e. The van der Waals surface area contributed by atoms with Gasteiger partial charge < -0.3 is 15.4 Å². The number of nitrogens with two attached hydrogens (primary N) is 1. The molecule has 0 amide bonds. The van der Waals surface area contributed by atoms with Gasteiger partial charge >= 0.3 is 0 Å². The Morgan fingerprint density at radius 3 is 2.69 bits per heavy atom. The summed E-state index contributed by atoms with van der Waals surface area (Å²) in [6.07, 6.45) is 0. The molecule has 3 aromatic rings. The lowest BCUT2D eigenvalue weighted by atomic mass is 10.2. The van der Waals surface area contributed by atoms with Gasteiger partial charge in [0.1, 0.15) is 18.2 Å². The molecular formula is C17H21N7OS. The van der Waals surface area contributed by atoms with Crippen LogP contribution in [0.15, 0.2) is 24.3 Å². The van der Waals surface area contributed by atoms with Crippen LogP contribution in [-0.2, 0) is 17.9 Å². The fourth-order valence-corrected chi connectivity index (χ4v) is 3.80. The van der Waals surface area contributed by atoms with Crippen molar-refractivity contribution in [3.8, 4) is 0 Å². The van der Waals surface area contributed by atoms with Crippen molar-refractivity contribution >= 4 is 33.4 Å². The fraction of sp³-hybridized carbons (Fsp3) is 0.412. The summed E-state index contributed by atoms with van der Waals surface area (Å²) in [7, 11) is 1.65. The number of hydrogen-bond donors (Lipinski definition) is 1. The Morgan fingerprint density at radius 2 is 1.88 bits per heavy atom. The third kappa shape index (κ3) is 3.59. The maximum absolute atomic E-state index is 6.09. The number of piperazine rings is 1. The number of ether oxygens (including phenoxy) is 1. The molecule has 1 aromatic carbocycles. The Bertz CT molecular complexity index is 892. The predicted octanol–water partition coefficient (Wildman–Crippen LogP) is 1.53. The molecular weight excluding hydrogens is 350 g/mol. The number of aromatic nitrogens is 4. The minimum atomic E-state index is 0.456. The summed E-state index contributed by atoms with van der Waals surface area (Å²) in [5, 5.41) is 1.87. The normalized spacial score (nSPS) is 15.7. The summed E-state index contributed by atoms with van der Waals surface area (Å²) in [5.41, 5.74) is 6.98. The molecule has 9 heteroatoms. The van der Waals surface area contributed by atoms with E-state index >= 15 is 0 Å². The summed E-state index contributed by atoms with van der Waals surface area (Å²) >= 11 is 1.43. The van der Waals surface area contributed by atoms with Crippen molar-refractivity contribution in [1.82, 2.24) is 24.2 Å². The van der Waals surface area contributed by atoms with E-state index in [1.807, 2.05) is 24.3 Å². The molecule has 1 aliphatic rings. The van der Waals surface area contributed by atoms with E-state index in [1.54, 1.807) is 7.11 Å². The molecule has 4 rings (SSSR count). The van der Waals surface area contributed by atoms with Crippen LogP contribution in [0.25, 0.3) is 10.9 Å². The molecule has 1 saturated heterocycles. The van der Waals surface area contributed by atoms with Crippen LogP contribution in [0.2, 0.25) is 0 Å². The van der Waals surface area contributed by atoms with E-state index < -0.39 is 0 Å². The van der Waals surface area contributed by atoms with Crippen LogP contribution in [-0.4, -0.2) is 57.5 Å². The Hall–Kier alpha value is -2.36. The zero-order valence-electron chi connectivity index (χ0n) is 14.6. The quantitative estimate of drug-likeness (QED) is 0.722. The lowest BCUT2D eigenvalue weighted by Crippen LogP contribution is -2.46. The number of nitrogen functional groups attached to an aromatic ring is 1. The number of benzene rings is 1. The van der Waals surface area contributed by atoms with E-state index in [2.05, 4.69) is 29.1 Å². The van der Waals surface area contributed by atoms with Gasteiger partial charge in [0.2, 0.25) is 5.13 Å². The summed E-state index contributed by atoms with van der Waals surface area (Å²) in [4.78, 5) is 18.3. The predicted molar refractivity (Wildman–Crippen MR) is 102 cm³/mol. The van der Waals surface area contributed by atoms with Crippen molar-refractivity contribution in [2.75, 3.05) is 43.9 Å². The van der Waals surface area contributed by atoms with Gasteiger partial charge in [0.05, 0.1) is 12.1 Å². The minimum Gasteiger partial charge on any atom is -0.383 e. The van der Waals surface area contributed by atoms with E-state index in [9.17, 15) is 0 Å². The monoisotopic (exact) mass is 371 g/mol. The van der Waals surface area contributed by atoms with Crippen LogP contribution in [0.1, 0.15) is 11.6 Å². The van der Waals surface area contributed by atoms with Crippen molar-refractivity contribution < 1.29 is 4.74 Å². The zero-order valence-corrected chi connectivity index (χ0v) is 15.4. The number of fused-ring (bicyclic) bond motifs is 1. The first-order chi connectivity index (χ1) is 12.7. The molecule has 2 N–H and O–H groups in total. The van der Waals surface area contributed by atoms with Crippen molar-refractivity contribution in [3.05, 3.63) is 35.9 Å². The first-order valence-electron chi connectivity index (χ1n) is 8.53. The maximum atomic E-state index is 6.09. The molecule has 1 fully saturated rings. The highest BCUT2D eigenvalue weighted by atomic mass is 32.1. The molecule has 0 atom stereocenters. The largest absolute Gasteiger partial charge is 0.383 e. The molecule has 0 saturated carbocycles. The molecule has 2 aromatic heterocycles. The minimum absolute atomic E-state index is 0.456. The van der Waals surface area contributed by atoms with Crippen LogP contribution in [0.4, 0.5) is 10.9 Å². The summed E-state index contributed by atoms with van der Waals surface area (Å²) in [6.45, 7) is 4.82. The second-order valence-corrected chi connectivity index (χ2v) is 6.96. The van der Waals surface area contributed by atoms with Gasteiger partial charge in [0.25, 0.3) is 0 Å². The van der Waals surface area contributed by atoms with Gasteiger partial charge in [-0.05, 0) is 12.1 Å². The first kappa shape index (κ1) is 17.1. The topological polar surface area (TPSA) is 93.3 Å². The van der Waals surface area contributed by atoms with Crippen molar-refractivity contribution in [3.63, 3.8) is 0 Å². The SMILES string of the molecule is COCc1nsc(N2CCN(Cc3nc(N)c4ccccc4n3)CC2)n1. The van der Waals surface area contributed by atoms with Gasteiger partial charge in [-0.1, -0.05) is 12.1 Å². The van der Waals surface area contributed by atoms with E-state index in [0.29, 0.717) is 19.0 Å². The highest BCUT2D eigenvalue weighted by Crippen LogP contribution is 2.21. The Balaban J connectivity index is 1.39. The van der Waals surface area contributed by atoms with Crippen LogP contribution >= 0.6 is 11.5 Å². The van der Waals surface area contributed by atoms with Crippen LogP contribution < -0.4 is 10.6 Å². The Kier molecular flexibility index (Phi) is 4.91. The Morgan fingerprint density at radius 1 is 1.08 bits per heavy atom. The van der Waals surface area contributed by atoms with Crippen LogP contribution in [0.5, 0.6) is 0 Å². The molecule has 0 radical (unpaired) electrons. The number of hydrogen-bond acceptors (Lipinski definition) is 9. The summed E-state index contributed by atoms with van der Waals surface area (Å²) < 4.78 is 9.41. The lowest BCUT2D eigenvalue weighted by molar-refractivity contribution is 0.179. The summed E-state index contributed by atoms with van der Waals surface area (Å²) in [5.74, 6) is 2.06. The van der Waals surface area contributed by atoms with Gasteiger partial charge in [-0.2, -0.15) is 4.37 Å². The summed E-state index contributed by atoms with van der Waals surface area (Å²) in [6, 6.07) is 7.85. The van der Waals surface area contributed by atoms with E-state index in [-0.39, 0.29) is 0 Å². The second kappa shape index (κ2) is 7.48. The molecule has 136 valence electrons. The van der Waals surface area contributed by atoms with Crippen LogP contribution in [0.3, 0.4) is 0 Å². The third-order valence-electron chi connectivity index (χ3n) is 4.42. The first-order valence-corrected chi connectivity index (χ1v) is 9.30. The van der Waals surface area contributed by atoms with E-state index in [0.717, 1.165) is 53.9 Å². The Labute approximate surface area is 155 Å². The van der Waals surface area contributed by atoms with Gasteiger partial charge in [-0.15, -0.1) is 0 Å². The number of anilines is 2. The van der Waals surface area contributed by atoms with Crippen molar-refractivity contribution in [2.24, 2.45) is 0 Å². The van der Waals surface area contributed by atoms with Gasteiger partial charge in [-0.25, -0.2) is 15.0 Å². The highest BCUT2D eigenvalue weighted by Gasteiger charge is 2.21. The molecule has 8 nitrogen and oxygen atoms in total. The van der Waals surface area contributed by atoms with Gasteiger partial charge in [-0.3, -0.25) is 4.90 Å². The van der Waals surface area contributed by atoms with E-state index in [4.69, 9.17) is 10.5 Å². The molecule has 26 heavy (non-hydrogen) atoms. The number of para-hydroxylation sites is 1. The highest BCUT2D eigenvalue weighted by molar-refractivity contribution is 7.09. The van der Waals surface area contributed by atoms with Crippen LogP contribution in [0, 0.1) is 0 Å². The number of nitrogens with zero attached hydrogens (tertiary/aromatic N) is 6. The average molecular weight is 371 g/mol. The van der Waals surface area contributed by atoms with Gasteiger partial charge in [0.15, 0.2) is 5.82 Å².